The molecule has 0 aromatic rings. The van der Waals surface area contributed by atoms with Gasteiger partial charge in [-0.15, -0.1) is 0 Å². The van der Waals surface area contributed by atoms with Gasteiger partial charge in [0.2, 0.25) is 5.91 Å². The van der Waals surface area contributed by atoms with Crippen LogP contribution in [0.15, 0.2) is 0 Å². The fraction of sp³-hybridized carbons (Fsp3) is 0.909. The summed E-state index contributed by atoms with van der Waals surface area (Å²) in [4.78, 5) is 11.4. The van der Waals surface area contributed by atoms with Crippen LogP contribution in [-0.2, 0) is 4.79 Å². The molecule has 0 aromatic heterocycles. The summed E-state index contributed by atoms with van der Waals surface area (Å²) in [5.41, 5.74) is 0.104. The Morgan fingerprint density at radius 1 is 1.43 bits per heavy atom. The average Bonchev–Trinajstić information content (AvgIpc) is 2.63. The molecule has 0 radical (unpaired) electrons. The summed E-state index contributed by atoms with van der Waals surface area (Å²) in [7, 11) is 0. The zero-order valence-corrected chi connectivity index (χ0v) is 9.68. The van der Waals surface area contributed by atoms with Gasteiger partial charge in [0.25, 0.3) is 0 Å². The second kappa shape index (κ2) is 4.30. The van der Waals surface area contributed by atoms with Crippen LogP contribution < -0.4 is 10.6 Å². The summed E-state index contributed by atoms with van der Waals surface area (Å²) in [5.74, 6) is 0.866. The van der Waals surface area contributed by atoms with Gasteiger partial charge in [0, 0.05) is 24.5 Å². The van der Waals surface area contributed by atoms with Crippen LogP contribution in [0.1, 0.15) is 40.5 Å². The Bertz CT molecular complexity index is 208. The zero-order chi connectivity index (χ0) is 10.8. The molecule has 0 heterocycles. The topological polar surface area (TPSA) is 41.1 Å². The first kappa shape index (κ1) is 11.5. The maximum Gasteiger partial charge on any atom is 0.221 e. The molecule has 0 aromatic carbocycles. The van der Waals surface area contributed by atoms with Gasteiger partial charge in [-0.2, -0.15) is 0 Å². The van der Waals surface area contributed by atoms with Crippen molar-refractivity contribution in [2.45, 2.75) is 52.1 Å². The van der Waals surface area contributed by atoms with Crippen molar-refractivity contribution in [1.29, 1.82) is 0 Å². The van der Waals surface area contributed by atoms with Crippen molar-refractivity contribution < 1.29 is 4.79 Å². The lowest BCUT2D eigenvalue weighted by atomic mass is 10.1. The van der Waals surface area contributed by atoms with Crippen LogP contribution in [0.25, 0.3) is 0 Å². The Labute approximate surface area is 86.6 Å². The van der Waals surface area contributed by atoms with Crippen molar-refractivity contribution in [3.8, 4) is 0 Å². The van der Waals surface area contributed by atoms with Crippen molar-refractivity contribution in [2.75, 3.05) is 6.54 Å². The highest BCUT2D eigenvalue weighted by molar-refractivity contribution is 5.76. The quantitative estimate of drug-likeness (QED) is 0.714. The van der Waals surface area contributed by atoms with Crippen LogP contribution in [0.2, 0.25) is 0 Å². The van der Waals surface area contributed by atoms with Gasteiger partial charge >= 0.3 is 0 Å². The molecular weight excluding hydrogens is 176 g/mol. The minimum atomic E-state index is 0.104. The maximum atomic E-state index is 11.4. The maximum absolute atomic E-state index is 11.4. The van der Waals surface area contributed by atoms with Crippen molar-refractivity contribution in [3.63, 3.8) is 0 Å². The Morgan fingerprint density at radius 2 is 2.00 bits per heavy atom. The molecule has 3 nitrogen and oxygen atoms in total. The standard InChI is InChI=1S/C11H22N2O/c1-8-7-9(8)13-10(14)5-6-12-11(2,3)4/h8-9,12H,5-7H2,1-4H3,(H,13,14). The predicted molar refractivity (Wildman–Crippen MR) is 58.1 cm³/mol. The van der Waals surface area contributed by atoms with Gasteiger partial charge in [0.15, 0.2) is 0 Å². The average molecular weight is 198 g/mol. The summed E-state index contributed by atoms with van der Waals surface area (Å²) in [6.45, 7) is 9.24. The first-order valence-corrected chi connectivity index (χ1v) is 5.43. The lowest BCUT2D eigenvalue weighted by molar-refractivity contribution is -0.121. The molecule has 1 fully saturated rings. The second-order valence-electron chi connectivity index (χ2n) is 5.31. The van der Waals surface area contributed by atoms with E-state index in [2.05, 4.69) is 38.3 Å². The third-order valence-corrected chi connectivity index (χ3v) is 2.46. The molecular formula is C11H22N2O. The molecule has 2 atom stereocenters. The Balaban J connectivity index is 2.04. The van der Waals surface area contributed by atoms with Gasteiger partial charge < -0.3 is 10.6 Å². The van der Waals surface area contributed by atoms with E-state index in [1.807, 2.05) is 0 Å². The lowest BCUT2D eigenvalue weighted by Crippen LogP contribution is -2.38. The fourth-order valence-corrected chi connectivity index (χ4v) is 1.35. The van der Waals surface area contributed by atoms with Gasteiger partial charge in [-0.05, 0) is 33.1 Å². The molecule has 1 aliphatic rings. The largest absolute Gasteiger partial charge is 0.353 e. The summed E-state index contributed by atoms with van der Waals surface area (Å²) >= 11 is 0. The van der Waals surface area contributed by atoms with E-state index < -0.39 is 0 Å². The van der Waals surface area contributed by atoms with E-state index in [0.717, 1.165) is 13.0 Å². The van der Waals surface area contributed by atoms with Gasteiger partial charge in [0.05, 0.1) is 0 Å². The molecule has 14 heavy (non-hydrogen) atoms. The minimum absolute atomic E-state index is 0.104. The Morgan fingerprint density at radius 3 is 2.43 bits per heavy atom. The van der Waals surface area contributed by atoms with Crippen LogP contribution in [0.5, 0.6) is 0 Å². The molecule has 1 rings (SSSR count). The summed E-state index contributed by atoms with van der Waals surface area (Å²) in [5, 5.41) is 6.31. The first-order valence-electron chi connectivity index (χ1n) is 5.43. The summed E-state index contributed by atoms with van der Waals surface area (Å²) in [6, 6.07) is 0.456. The van der Waals surface area contributed by atoms with Crippen LogP contribution in [0, 0.1) is 5.92 Å². The van der Waals surface area contributed by atoms with Gasteiger partial charge in [-0.1, -0.05) is 6.92 Å². The number of carbonyl (C=O) groups excluding carboxylic acids is 1. The zero-order valence-electron chi connectivity index (χ0n) is 9.68. The van der Waals surface area contributed by atoms with Crippen LogP contribution >= 0.6 is 0 Å². The Kier molecular flexibility index (Phi) is 3.53. The van der Waals surface area contributed by atoms with E-state index in [-0.39, 0.29) is 11.4 Å². The van der Waals surface area contributed by atoms with E-state index >= 15 is 0 Å². The van der Waals surface area contributed by atoms with Crippen molar-refractivity contribution >= 4 is 5.91 Å². The number of amides is 1. The molecule has 3 heteroatoms. The van der Waals surface area contributed by atoms with Gasteiger partial charge in [0.1, 0.15) is 0 Å². The fourth-order valence-electron chi connectivity index (χ4n) is 1.35. The van der Waals surface area contributed by atoms with E-state index in [1.165, 1.54) is 0 Å². The van der Waals surface area contributed by atoms with E-state index in [0.29, 0.717) is 18.4 Å². The third-order valence-electron chi connectivity index (χ3n) is 2.46. The van der Waals surface area contributed by atoms with Crippen molar-refractivity contribution in [1.82, 2.24) is 10.6 Å². The third kappa shape index (κ3) is 4.61. The SMILES string of the molecule is CC1CC1NC(=O)CCNC(C)(C)C. The molecule has 0 spiro atoms. The van der Waals surface area contributed by atoms with E-state index in [1.54, 1.807) is 0 Å². The molecule has 2 N–H and O–H groups in total. The molecule has 0 saturated heterocycles. The first-order chi connectivity index (χ1) is 6.38. The number of carbonyl (C=O) groups is 1. The number of rotatable bonds is 4. The van der Waals surface area contributed by atoms with Crippen LogP contribution in [0.4, 0.5) is 0 Å². The summed E-state index contributed by atoms with van der Waals surface area (Å²) < 4.78 is 0. The van der Waals surface area contributed by atoms with Gasteiger partial charge in [-0.3, -0.25) is 4.79 Å². The number of hydrogen-bond acceptors (Lipinski definition) is 2. The van der Waals surface area contributed by atoms with E-state index in [9.17, 15) is 4.79 Å². The molecule has 1 amide bonds. The highest BCUT2D eigenvalue weighted by Gasteiger charge is 2.33. The van der Waals surface area contributed by atoms with Crippen LogP contribution in [0.3, 0.4) is 0 Å². The summed E-state index contributed by atoms with van der Waals surface area (Å²) in [6.07, 6.45) is 1.74. The number of hydrogen-bond donors (Lipinski definition) is 2. The molecule has 2 unspecified atom stereocenters. The van der Waals surface area contributed by atoms with Crippen LogP contribution in [-0.4, -0.2) is 24.0 Å². The molecule has 0 bridgehead atoms. The minimum Gasteiger partial charge on any atom is -0.353 e. The number of nitrogens with one attached hydrogen (secondary N) is 2. The smallest absolute Gasteiger partial charge is 0.221 e. The normalized spacial score (nSPS) is 26.0. The Hall–Kier alpha value is -0.570. The second-order valence-corrected chi connectivity index (χ2v) is 5.31. The highest BCUT2D eigenvalue weighted by Crippen LogP contribution is 2.28. The molecule has 1 saturated carbocycles. The van der Waals surface area contributed by atoms with E-state index in [4.69, 9.17) is 0 Å². The lowest BCUT2D eigenvalue weighted by Gasteiger charge is -2.20. The molecule has 82 valence electrons. The van der Waals surface area contributed by atoms with Crippen molar-refractivity contribution in [2.24, 2.45) is 5.92 Å². The highest BCUT2D eigenvalue weighted by atomic mass is 16.1. The van der Waals surface area contributed by atoms with Crippen molar-refractivity contribution in [3.05, 3.63) is 0 Å². The van der Waals surface area contributed by atoms with Gasteiger partial charge in [-0.25, -0.2) is 0 Å². The molecule has 1 aliphatic carbocycles. The monoisotopic (exact) mass is 198 g/mol. The predicted octanol–water partition coefficient (Wildman–Crippen LogP) is 1.29. The molecule has 0 aliphatic heterocycles.